The maximum Gasteiger partial charge on any atom is 0.315 e. The predicted octanol–water partition coefficient (Wildman–Crippen LogP) is 4.34. The number of furan rings is 1. The lowest BCUT2D eigenvalue weighted by Gasteiger charge is -2.04. The molecule has 22 heavy (non-hydrogen) atoms. The summed E-state index contributed by atoms with van der Waals surface area (Å²) in [6.45, 7) is 4.02. The fourth-order valence-electron chi connectivity index (χ4n) is 2.33. The molecule has 1 aromatic heterocycles. The number of aryl methyl sites for hydroxylation is 2. The van der Waals surface area contributed by atoms with E-state index >= 15 is 0 Å². The summed E-state index contributed by atoms with van der Waals surface area (Å²) in [6.07, 6.45) is 1.64. The van der Waals surface area contributed by atoms with Gasteiger partial charge in [0.05, 0.1) is 12.7 Å². The summed E-state index contributed by atoms with van der Waals surface area (Å²) >= 11 is 0. The van der Waals surface area contributed by atoms with Crippen LogP contribution >= 0.6 is 0 Å². The normalized spacial score (nSPS) is 10.9. The van der Waals surface area contributed by atoms with E-state index in [1.54, 1.807) is 12.3 Å². The Hall–Kier alpha value is -2.62. The van der Waals surface area contributed by atoms with E-state index in [1.807, 2.05) is 26.0 Å². The number of carbonyl (C=O) groups is 1. The molecule has 0 aliphatic carbocycles. The van der Waals surface area contributed by atoms with Gasteiger partial charge in [0, 0.05) is 17.0 Å². The van der Waals surface area contributed by atoms with Crippen LogP contribution in [0.3, 0.4) is 0 Å². The molecule has 1 heterocycles. The number of rotatable bonds is 3. The minimum atomic E-state index is -0.452. The first kappa shape index (κ1) is 14.3. The van der Waals surface area contributed by atoms with Gasteiger partial charge in [0.1, 0.15) is 17.1 Å². The third-order valence-corrected chi connectivity index (χ3v) is 3.63. The number of ether oxygens (including phenoxy) is 1. The monoisotopic (exact) mass is 298 g/mol. The van der Waals surface area contributed by atoms with Gasteiger partial charge >= 0.3 is 5.97 Å². The standard InChI is InChI=1S/C18H15FO3/c1-11-6-16-13(10-21-17(16)7-12(11)2)8-18(20)22-15-5-3-4-14(19)9-15/h3-7,9-10H,8H2,1-2H3. The van der Waals surface area contributed by atoms with E-state index < -0.39 is 11.8 Å². The predicted molar refractivity (Wildman–Crippen MR) is 81.4 cm³/mol. The fourth-order valence-corrected chi connectivity index (χ4v) is 2.33. The molecular formula is C18H15FO3. The SMILES string of the molecule is Cc1cc2occ(CC(=O)Oc3cccc(F)c3)c2cc1C. The molecule has 0 unspecified atom stereocenters. The van der Waals surface area contributed by atoms with E-state index in [9.17, 15) is 9.18 Å². The molecular weight excluding hydrogens is 283 g/mol. The van der Waals surface area contributed by atoms with Gasteiger partial charge < -0.3 is 9.15 Å². The molecule has 0 amide bonds. The Bertz CT molecular complexity index is 849. The van der Waals surface area contributed by atoms with Crippen molar-refractivity contribution in [3.8, 4) is 5.75 Å². The van der Waals surface area contributed by atoms with E-state index in [0.717, 1.165) is 27.7 Å². The van der Waals surface area contributed by atoms with Gasteiger partial charge in [-0.15, -0.1) is 0 Å². The second-order valence-electron chi connectivity index (χ2n) is 5.30. The third-order valence-electron chi connectivity index (χ3n) is 3.63. The molecule has 3 aromatic rings. The second-order valence-corrected chi connectivity index (χ2v) is 5.30. The number of fused-ring (bicyclic) bond motifs is 1. The van der Waals surface area contributed by atoms with Crippen molar-refractivity contribution in [3.63, 3.8) is 0 Å². The maximum atomic E-state index is 13.1. The van der Waals surface area contributed by atoms with Gasteiger partial charge in [-0.25, -0.2) is 4.39 Å². The van der Waals surface area contributed by atoms with Crippen LogP contribution in [0.25, 0.3) is 11.0 Å². The molecule has 0 N–H and O–H groups in total. The molecule has 0 spiro atoms. The van der Waals surface area contributed by atoms with Gasteiger partial charge in [-0.05, 0) is 49.2 Å². The number of hydrogen-bond acceptors (Lipinski definition) is 3. The highest BCUT2D eigenvalue weighted by molar-refractivity contribution is 5.87. The minimum absolute atomic E-state index is 0.0754. The minimum Gasteiger partial charge on any atom is -0.464 e. The Kier molecular flexibility index (Phi) is 3.67. The zero-order valence-corrected chi connectivity index (χ0v) is 12.4. The quantitative estimate of drug-likeness (QED) is 0.533. The van der Waals surface area contributed by atoms with Crippen molar-refractivity contribution in [1.29, 1.82) is 0 Å². The van der Waals surface area contributed by atoms with Gasteiger partial charge in [0.25, 0.3) is 0 Å². The molecule has 0 saturated carbocycles. The zero-order valence-electron chi connectivity index (χ0n) is 12.4. The highest BCUT2D eigenvalue weighted by atomic mass is 19.1. The summed E-state index contributed by atoms with van der Waals surface area (Å²) < 4.78 is 23.7. The lowest BCUT2D eigenvalue weighted by molar-refractivity contribution is -0.133. The van der Waals surface area contributed by atoms with E-state index in [1.165, 1.54) is 18.2 Å². The van der Waals surface area contributed by atoms with Gasteiger partial charge in [-0.1, -0.05) is 6.07 Å². The highest BCUT2D eigenvalue weighted by Gasteiger charge is 2.13. The Labute approximate surface area is 127 Å². The van der Waals surface area contributed by atoms with E-state index in [4.69, 9.17) is 9.15 Å². The molecule has 0 fully saturated rings. The van der Waals surface area contributed by atoms with E-state index in [2.05, 4.69) is 0 Å². The van der Waals surface area contributed by atoms with Crippen LogP contribution < -0.4 is 4.74 Å². The molecule has 112 valence electrons. The van der Waals surface area contributed by atoms with Crippen molar-refractivity contribution in [2.45, 2.75) is 20.3 Å². The number of benzene rings is 2. The van der Waals surface area contributed by atoms with Crippen molar-refractivity contribution in [2.24, 2.45) is 0 Å². The summed E-state index contributed by atoms with van der Waals surface area (Å²) in [7, 11) is 0. The number of esters is 1. The average molecular weight is 298 g/mol. The molecule has 3 rings (SSSR count). The van der Waals surface area contributed by atoms with Crippen LogP contribution in [0.1, 0.15) is 16.7 Å². The largest absolute Gasteiger partial charge is 0.464 e. The van der Waals surface area contributed by atoms with Gasteiger partial charge in [0.2, 0.25) is 0 Å². The van der Waals surface area contributed by atoms with Crippen LogP contribution in [0.5, 0.6) is 5.75 Å². The third kappa shape index (κ3) is 2.86. The molecule has 0 aliphatic heterocycles. The lowest BCUT2D eigenvalue weighted by Crippen LogP contribution is -2.11. The first-order valence-electron chi connectivity index (χ1n) is 6.96. The summed E-state index contributed by atoms with van der Waals surface area (Å²) in [5.74, 6) is -0.693. The Balaban J connectivity index is 1.81. The van der Waals surface area contributed by atoms with Crippen molar-refractivity contribution < 1.29 is 18.3 Å². The molecule has 0 saturated heterocycles. The molecule has 4 heteroatoms. The summed E-state index contributed by atoms with van der Waals surface area (Å²) in [5, 5.41) is 0.902. The van der Waals surface area contributed by atoms with E-state index in [-0.39, 0.29) is 12.2 Å². The zero-order chi connectivity index (χ0) is 15.7. The topological polar surface area (TPSA) is 39.4 Å². The smallest absolute Gasteiger partial charge is 0.315 e. The number of carbonyl (C=O) groups excluding carboxylic acids is 1. The lowest BCUT2D eigenvalue weighted by atomic mass is 10.0. The molecule has 2 aromatic carbocycles. The Morgan fingerprint density at radius 3 is 2.73 bits per heavy atom. The fraction of sp³-hybridized carbons (Fsp3) is 0.167. The number of halogens is 1. The van der Waals surface area contributed by atoms with Crippen molar-refractivity contribution in [3.05, 3.63) is 65.2 Å². The van der Waals surface area contributed by atoms with E-state index in [0.29, 0.717) is 0 Å². The molecule has 0 atom stereocenters. The first-order chi connectivity index (χ1) is 10.5. The van der Waals surface area contributed by atoms with Crippen LogP contribution in [-0.2, 0) is 11.2 Å². The van der Waals surface area contributed by atoms with Gasteiger partial charge in [-0.3, -0.25) is 4.79 Å². The molecule has 0 radical (unpaired) electrons. The van der Waals surface area contributed by atoms with Gasteiger partial charge in [0.15, 0.2) is 0 Å². The number of hydrogen-bond donors (Lipinski definition) is 0. The first-order valence-corrected chi connectivity index (χ1v) is 6.96. The summed E-state index contributed by atoms with van der Waals surface area (Å²) in [5.41, 5.74) is 3.78. The van der Waals surface area contributed by atoms with Crippen LogP contribution in [-0.4, -0.2) is 5.97 Å². The highest BCUT2D eigenvalue weighted by Crippen LogP contribution is 2.25. The second kappa shape index (κ2) is 5.64. The Morgan fingerprint density at radius 1 is 1.18 bits per heavy atom. The summed E-state index contributed by atoms with van der Waals surface area (Å²) in [6, 6.07) is 9.47. The van der Waals surface area contributed by atoms with Crippen LogP contribution in [0.15, 0.2) is 47.1 Å². The average Bonchev–Trinajstić information content (AvgIpc) is 2.81. The van der Waals surface area contributed by atoms with Crippen LogP contribution in [0.2, 0.25) is 0 Å². The molecule has 0 aliphatic rings. The Morgan fingerprint density at radius 2 is 1.95 bits per heavy atom. The van der Waals surface area contributed by atoms with Crippen LogP contribution in [0, 0.1) is 19.7 Å². The van der Waals surface area contributed by atoms with Crippen molar-refractivity contribution in [2.75, 3.05) is 0 Å². The molecule has 0 bridgehead atoms. The summed E-state index contributed by atoms with van der Waals surface area (Å²) in [4.78, 5) is 12.0. The van der Waals surface area contributed by atoms with Crippen molar-refractivity contribution >= 4 is 16.9 Å². The maximum absolute atomic E-state index is 13.1. The van der Waals surface area contributed by atoms with Crippen LogP contribution in [0.4, 0.5) is 4.39 Å². The molecule has 3 nitrogen and oxygen atoms in total. The van der Waals surface area contributed by atoms with Crippen molar-refractivity contribution in [1.82, 2.24) is 0 Å². The van der Waals surface area contributed by atoms with Gasteiger partial charge in [-0.2, -0.15) is 0 Å².